The van der Waals surface area contributed by atoms with Gasteiger partial charge in [0.15, 0.2) is 0 Å². The zero-order chi connectivity index (χ0) is 18.3. The number of unbranched alkanes of at least 4 members (excludes halogenated alkanes) is 2. The van der Waals surface area contributed by atoms with Gasteiger partial charge in [0, 0.05) is 32.2 Å². The van der Waals surface area contributed by atoms with E-state index in [0.717, 1.165) is 51.5 Å². The molecule has 1 fully saturated rings. The van der Waals surface area contributed by atoms with Crippen LogP contribution in [0.3, 0.4) is 0 Å². The molecule has 0 bridgehead atoms. The molecule has 1 aliphatic rings. The van der Waals surface area contributed by atoms with E-state index in [1.54, 1.807) is 12.1 Å². The highest BCUT2D eigenvalue weighted by molar-refractivity contribution is 5.85. The molecule has 7 heteroatoms. The van der Waals surface area contributed by atoms with Crippen molar-refractivity contribution in [1.29, 1.82) is 0 Å². The van der Waals surface area contributed by atoms with Crippen LogP contribution in [0.4, 0.5) is 13.2 Å². The van der Waals surface area contributed by atoms with Crippen LogP contribution in [0.25, 0.3) is 0 Å². The zero-order valence-electron chi connectivity index (χ0n) is 15.1. The highest BCUT2D eigenvalue weighted by Crippen LogP contribution is 2.40. The zero-order valence-corrected chi connectivity index (χ0v) is 16.0. The van der Waals surface area contributed by atoms with E-state index in [0.29, 0.717) is 12.0 Å². The van der Waals surface area contributed by atoms with Crippen molar-refractivity contribution in [2.45, 2.75) is 37.9 Å². The van der Waals surface area contributed by atoms with Gasteiger partial charge in [0.25, 0.3) is 0 Å². The van der Waals surface area contributed by atoms with Gasteiger partial charge in [0.05, 0.1) is 12.7 Å². The molecule has 0 radical (unpaired) electrons. The predicted octanol–water partition coefficient (Wildman–Crippen LogP) is 4.83. The van der Waals surface area contributed by atoms with E-state index in [9.17, 15) is 13.2 Å². The van der Waals surface area contributed by atoms with Gasteiger partial charge in [-0.15, -0.1) is 19.0 Å². The molecule has 1 heterocycles. The van der Waals surface area contributed by atoms with Gasteiger partial charge in [0.1, 0.15) is 5.75 Å². The van der Waals surface area contributed by atoms with Crippen LogP contribution in [0.1, 0.15) is 42.9 Å². The van der Waals surface area contributed by atoms with Gasteiger partial charge < -0.3 is 10.1 Å². The summed E-state index contributed by atoms with van der Waals surface area (Å²) in [5.41, 5.74) is -0.229. The topological polar surface area (TPSA) is 24.5 Å². The second-order valence-electron chi connectivity index (χ2n) is 6.33. The minimum atomic E-state index is -4.39. The van der Waals surface area contributed by atoms with E-state index < -0.39 is 11.7 Å². The van der Waals surface area contributed by atoms with Crippen molar-refractivity contribution < 1.29 is 17.9 Å². The summed E-state index contributed by atoms with van der Waals surface area (Å²) in [5, 5.41) is 3.26. The minimum absolute atomic E-state index is 0. The Hall–Kier alpha value is -1.24. The second-order valence-corrected chi connectivity index (χ2v) is 6.33. The molecule has 0 unspecified atom stereocenters. The van der Waals surface area contributed by atoms with Crippen LogP contribution in [0.15, 0.2) is 30.9 Å². The smallest absolute Gasteiger partial charge is 0.416 e. The Bertz CT molecular complexity index is 560. The molecule has 1 aromatic rings. The Morgan fingerprint density at radius 3 is 2.54 bits per heavy atom. The number of benzene rings is 1. The molecule has 3 nitrogen and oxygen atoms in total. The van der Waals surface area contributed by atoms with E-state index >= 15 is 0 Å². The van der Waals surface area contributed by atoms with Crippen molar-refractivity contribution in [3.63, 3.8) is 0 Å². The highest BCUT2D eigenvalue weighted by Gasteiger charge is 2.37. The van der Waals surface area contributed by atoms with Crippen LogP contribution >= 0.6 is 12.4 Å². The van der Waals surface area contributed by atoms with Crippen LogP contribution < -0.4 is 10.1 Å². The molecule has 0 saturated carbocycles. The maximum Gasteiger partial charge on any atom is 0.416 e. The quantitative estimate of drug-likeness (QED) is 0.506. The van der Waals surface area contributed by atoms with Crippen molar-refractivity contribution in [3.05, 3.63) is 42.0 Å². The lowest BCUT2D eigenvalue weighted by Crippen LogP contribution is -2.45. The first kappa shape index (κ1) is 22.8. The third kappa shape index (κ3) is 6.18. The van der Waals surface area contributed by atoms with Crippen LogP contribution in [0.5, 0.6) is 5.75 Å². The molecule has 1 aliphatic heterocycles. The number of piperazine rings is 1. The lowest BCUT2D eigenvalue weighted by molar-refractivity contribution is -0.139. The average Bonchev–Trinajstić information content (AvgIpc) is 2.61. The second kappa shape index (κ2) is 10.8. The Morgan fingerprint density at radius 2 is 1.96 bits per heavy atom. The van der Waals surface area contributed by atoms with Crippen LogP contribution in [-0.4, -0.2) is 38.2 Å². The number of ether oxygens (including phenoxy) is 1. The van der Waals surface area contributed by atoms with Crippen LogP contribution in [-0.2, 0) is 6.18 Å². The van der Waals surface area contributed by atoms with E-state index in [4.69, 9.17) is 4.74 Å². The molecule has 0 aromatic heterocycles. The largest absolute Gasteiger partial charge is 0.497 e. The summed E-state index contributed by atoms with van der Waals surface area (Å²) in [4.78, 5) is 2.17. The maximum atomic E-state index is 13.6. The van der Waals surface area contributed by atoms with E-state index in [1.807, 2.05) is 6.08 Å². The number of halogens is 4. The summed E-state index contributed by atoms with van der Waals surface area (Å²) >= 11 is 0. The lowest BCUT2D eigenvalue weighted by Gasteiger charge is -2.36. The molecule has 148 valence electrons. The Balaban J connectivity index is 0.00000338. The van der Waals surface area contributed by atoms with E-state index in [1.165, 1.54) is 7.11 Å². The lowest BCUT2D eigenvalue weighted by atomic mass is 9.93. The van der Waals surface area contributed by atoms with Gasteiger partial charge in [0.2, 0.25) is 0 Å². The molecule has 1 atom stereocenters. The third-order valence-corrected chi connectivity index (χ3v) is 4.65. The third-order valence-electron chi connectivity index (χ3n) is 4.65. The number of nitrogens with zero attached hydrogens (tertiary/aromatic N) is 1. The van der Waals surface area contributed by atoms with Crippen molar-refractivity contribution in [2.24, 2.45) is 0 Å². The fourth-order valence-corrected chi connectivity index (χ4v) is 3.35. The maximum absolute atomic E-state index is 13.6. The van der Waals surface area contributed by atoms with E-state index in [2.05, 4.69) is 16.8 Å². The summed E-state index contributed by atoms with van der Waals surface area (Å²) < 4.78 is 45.9. The molecule has 2 rings (SSSR count). The first-order valence-corrected chi connectivity index (χ1v) is 8.78. The molecular formula is C19H28ClF3N2O. The van der Waals surface area contributed by atoms with Crippen molar-refractivity contribution in [1.82, 2.24) is 10.2 Å². The highest BCUT2D eigenvalue weighted by atomic mass is 35.5. The molecule has 1 N–H and O–H groups in total. The Labute approximate surface area is 160 Å². The van der Waals surface area contributed by atoms with Crippen molar-refractivity contribution in [2.75, 3.05) is 33.3 Å². The molecule has 0 spiro atoms. The molecule has 0 amide bonds. The first-order valence-electron chi connectivity index (χ1n) is 8.78. The predicted molar refractivity (Wildman–Crippen MR) is 101 cm³/mol. The van der Waals surface area contributed by atoms with Crippen LogP contribution in [0, 0.1) is 0 Å². The standard InChI is InChI=1S/C19H27F3N2O.ClH/c1-3-4-5-6-7-18(24-12-10-23-11-13-24)16-9-8-15(25-2)14-17(16)19(20,21)22;/h3,8-9,14,18,23H,1,4-7,10-13H2,2H3;1H/t18-;/m1./s1. The van der Waals surface area contributed by atoms with Crippen molar-refractivity contribution in [3.8, 4) is 5.75 Å². The Morgan fingerprint density at radius 1 is 1.27 bits per heavy atom. The summed E-state index contributed by atoms with van der Waals surface area (Å²) in [6.07, 6.45) is 0.894. The van der Waals surface area contributed by atoms with Gasteiger partial charge in [-0.2, -0.15) is 13.2 Å². The number of rotatable bonds is 8. The summed E-state index contributed by atoms with van der Waals surface area (Å²) in [6, 6.07) is 4.11. The molecule has 0 aliphatic carbocycles. The monoisotopic (exact) mass is 392 g/mol. The van der Waals surface area contributed by atoms with Gasteiger partial charge in [-0.25, -0.2) is 0 Å². The SMILES string of the molecule is C=CCCCC[C@H](c1ccc(OC)cc1C(F)(F)F)N1CCNCC1.Cl. The van der Waals surface area contributed by atoms with E-state index in [-0.39, 0.29) is 24.2 Å². The molecule has 26 heavy (non-hydrogen) atoms. The van der Waals surface area contributed by atoms with Gasteiger partial charge in [-0.1, -0.05) is 18.6 Å². The fraction of sp³-hybridized carbons (Fsp3) is 0.579. The normalized spacial score (nSPS) is 16.6. The first-order chi connectivity index (χ1) is 12.0. The molecule has 1 aromatic carbocycles. The van der Waals surface area contributed by atoms with Gasteiger partial charge in [-0.05, 0) is 37.0 Å². The fourth-order valence-electron chi connectivity index (χ4n) is 3.35. The average molecular weight is 393 g/mol. The number of allylic oxidation sites excluding steroid dienone is 1. The minimum Gasteiger partial charge on any atom is -0.497 e. The summed E-state index contributed by atoms with van der Waals surface area (Å²) in [7, 11) is 1.39. The van der Waals surface area contributed by atoms with Gasteiger partial charge in [-0.3, -0.25) is 4.90 Å². The summed E-state index contributed by atoms with van der Waals surface area (Å²) in [6.45, 7) is 6.84. The Kier molecular flexibility index (Phi) is 9.47. The number of hydrogen-bond acceptors (Lipinski definition) is 3. The van der Waals surface area contributed by atoms with Crippen molar-refractivity contribution >= 4 is 12.4 Å². The number of alkyl halides is 3. The van der Waals surface area contributed by atoms with Gasteiger partial charge >= 0.3 is 6.18 Å². The number of methoxy groups -OCH3 is 1. The molecule has 1 saturated heterocycles. The summed E-state index contributed by atoms with van der Waals surface area (Å²) in [5.74, 6) is 0.238. The van der Waals surface area contributed by atoms with Crippen LogP contribution in [0.2, 0.25) is 0 Å². The molecular weight excluding hydrogens is 365 g/mol. The number of hydrogen-bond donors (Lipinski definition) is 1. The number of nitrogens with one attached hydrogen (secondary N) is 1.